The van der Waals surface area contributed by atoms with Crippen LogP contribution in [-0.2, 0) is 4.74 Å². The Balaban J connectivity index is 1.45. The number of aromatic nitrogens is 5. The van der Waals surface area contributed by atoms with Gasteiger partial charge in [0, 0.05) is 42.1 Å². The summed E-state index contributed by atoms with van der Waals surface area (Å²) in [6.07, 6.45) is 5.79. The van der Waals surface area contributed by atoms with Crippen molar-refractivity contribution >= 4 is 22.1 Å². The smallest absolute Gasteiger partial charge is 0.251 e. The predicted molar refractivity (Wildman–Crippen MR) is 139 cm³/mol. The summed E-state index contributed by atoms with van der Waals surface area (Å²) in [5.41, 5.74) is 1.50. The molecule has 206 valence electrons. The summed E-state index contributed by atoms with van der Waals surface area (Å²) in [5, 5.41) is 11.5. The van der Waals surface area contributed by atoms with Gasteiger partial charge >= 0.3 is 0 Å². The Morgan fingerprint density at radius 3 is 2.77 bits per heavy atom. The lowest BCUT2D eigenvalue weighted by molar-refractivity contribution is 0.0962. The van der Waals surface area contributed by atoms with Gasteiger partial charge in [-0.15, -0.1) is 5.10 Å². The molecule has 2 aliphatic heterocycles. The Morgan fingerprint density at radius 1 is 1.21 bits per heavy atom. The molecular weight excluding hydrogens is 534 g/mol. The average molecular weight is 561 g/mol. The number of ether oxygens (including phenoxy) is 2. The van der Waals surface area contributed by atoms with Gasteiger partial charge in [0.1, 0.15) is 6.10 Å². The van der Waals surface area contributed by atoms with Gasteiger partial charge in [-0.3, -0.25) is 18.6 Å². The van der Waals surface area contributed by atoms with E-state index >= 15 is 0 Å². The van der Waals surface area contributed by atoms with Crippen LogP contribution in [0.5, 0.6) is 5.88 Å². The molecule has 1 aromatic carbocycles. The molecule has 2 fully saturated rings. The van der Waals surface area contributed by atoms with Crippen molar-refractivity contribution in [3.8, 4) is 28.3 Å². The fourth-order valence-electron chi connectivity index (χ4n) is 4.88. The predicted octanol–water partition coefficient (Wildman–Crippen LogP) is 3.76. The monoisotopic (exact) mass is 560 g/mol. The first-order valence-electron chi connectivity index (χ1n) is 12.4. The number of halogens is 2. The van der Waals surface area contributed by atoms with Crippen LogP contribution >= 0.6 is 10.6 Å². The largest absolute Gasteiger partial charge is 0.470 e. The molecule has 2 saturated heterocycles. The van der Waals surface area contributed by atoms with Gasteiger partial charge in [0.05, 0.1) is 48.7 Å². The highest BCUT2D eigenvalue weighted by molar-refractivity contribution is 8.24. The van der Waals surface area contributed by atoms with Crippen molar-refractivity contribution in [3.05, 3.63) is 54.0 Å². The average Bonchev–Trinajstić information content (AvgIpc) is 3.72. The van der Waals surface area contributed by atoms with E-state index in [-0.39, 0.29) is 40.6 Å². The van der Waals surface area contributed by atoms with Crippen LogP contribution in [0, 0.1) is 11.6 Å². The zero-order chi connectivity index (χ0) is 27.3. The van der Waals surface area contributed by atoms with Gasteiger partial charge < -0.3 is 14.8 Å². The van der Waals surface area contributed by atoms with Crippen LogP contribution in [0.3, 0.4) is 0 Å². The van der Waals surface area contributed by atoms with Gasteiger partial charge in [0.25, 0.3) is 5.91 Å². The maximum absolute atomic E-state index is 14.9. The molecule has 2 atom stereocenters. The number of hydrogen-bond donors (Lipinski definition) is 3. The van der Waals surface area contributed by atoms with Crippen molar-refractivity contribution in [1.82, 2.24) is 29.7 Å². The van der Waals surface area contributed by atoms with E-state index in [0.717, 1.165) is 6.07 Å². The molecule has 4 aromatic rings. The number of fused-ring (bicyclic) bond motifs is 1. The Morgan fingerprint density at radius 2 is 2.05 bits per heavy atom. The van der Waals surface area contributed by atoms with Gasteiger partial charge in [-0.25, -0.2) is 18.3 Å². The lowest BCUT2D eigenvalue weighted by Gasteiger charge is -2.25. The van der Waals surface area contributed by atoms with Crippen LogP contribution in [0.25, 0.3) is 28.0 Å². The fourth-order valence-corrected chi connectivity index (χ4v) is 6.63. The maximum Gasteiger partial charge on any atom is 0.251 e. The van der Waals surface area contributed by atoms with E-state index < -0.39 is 28.1 Å². The van der Waals surface area contributed by atoms with Gasteiger partial charge in [0.15, 0.2) is 17.3 Å². The molecule has 1 amide bonds. The molecule has 39 heavy (non-hydrogen) atoms. The molecule has 2 unspecified atom stereocenters. The number of benzene rings is 1. The Kier molecular flexibility index (Phi) is 6.49. The number of carbonyl (C=O) groups excluding carboxylic acids is 1. The molecule has 2 aliphatic rings. The molecule has 0 aliphatic carbocycles. The number of amides is 1. The number of nitrogens with zero attached hydrogens (tertiary/aromatic N) is 5. The molecule has 5 heterocycles. The van der Waals surface area contributed by atoms with Crippen LogP contribution < -0.4 is 10.1 Å². The van der Waals surface area contributed by atoms with Crippen molar-refractivity contribution in [2.45, 2.75) is 25.0 Å². The van der Waals surface area contributed by atoms with Crippen LogP contribution in [0.15, 0.2) is 36.8 Å². The number of hydrogen-bond acceptors (Lipinski definition) is 8. The summed E-state index contributed by atoms with van der Waals surface area (Å²) in [6, 6.07) is 3.65. The topological polar surface area (TPSA) is 136 Å². The molecule has 11 nitrogen and oxygen atoms in total. The molecule has 0 radical (unpaired) electrons. The lowest BCUT2D eigenvalue weighted by atomic mass is 10.1. The van der Waals surface area contributed by atoms with Crippen molar-refractivity contribution in [1.29, 1.82) is 0 Å². The van der Waals surface area contributed by atoms with E-state index in [1.165, 1.54) is 23.8 Å². The third kappa shape index (κ3) is 4.84. The normalized spacial score (nSPS) is 21.4. The summed E-state index contributed by atoms with van der Waals surface area (Å²) in [7, 11) is -1.20. The highest BCUT2D eigenvalue weighted by Gasteiger charge is 2.31. The number of imidazole rings is 1. The van der Waals surface area contributed by atoms with E-state index in [9.17, 15) is 22.7 Å². The second-order valence-corrected chi connectivity index (χ2v) is 11.9. The van der Waals surface area contributed by atoms with Crippen LogP contribution in [-0.4, -0.2) is 77.3 Å². The van der Waals surface area contributed by atoms with Gasteiger partial charge in [0.2, 0.25) is 5.88 Å². The summed E-state index contributed by atoms with van der Waals surface area (Å²) in [4.78, 5) is 16.5. The van der Waals surface area contributed by atoms with E-state index in [1.807, 2.05) is 0 Å². The van der Waals surface area contributed by atoms with Gasteiger partial charge in [-0.1, -0.05) is 0 Å². The van der Waals surface area contributed by atoms with Crippen molar-refractivity contribution in [3.63, 3.8) is 0 Å². The molecule has 3 N–H and O–H groups in total. The van der Waals surface area contributed by atoms with E-state index in [2.05, 4.69) is 20.5 Å². The zero-order valence-electron chi connectivity index (χ0n) is 20.9. The van der Waals surface area contributed by atoms with Crippen molar-refractivity contribution in [2.24, 2.45) is 0 Å². The summed E-state index contributed by atoms with van der Waals surface area (Å²) in [6.45, 7) is 0.921. The van der Waals surface area contributed by atoms with Crippen molar-refractivity contribution < 1.29 is 32.2 Å². The van der Waals surface area contributed by atoms with Crippen molar-refractivity contribution in [2.75, 3.05) is 31.8 Å². The van der Waals surface area contributed by atoms with Crippen LogP contribution in [0.4, 0.5) is 8.78 Å². The van der Waals surface area contributed by atoms with E-state index in [4.69, 9.17) is 9.47 Å². The zero-order valence-corrected chi connectivity index (χ0v) is 21.7. The number of carbonyl (C=O) groups is 1. The molecule has 14 heteroatoms. The minimum absolute atomic E-state index is 0.0477. The summed E-state index contributed by atoms with van der Waals surface area (Å²) in [5.74, 6) is -2.07. The number of rotatable bonds is 6. The minimum atomic E-state index is -2.60. The Labute approximate surface area is 223 Å². The van der Waals surface area contributed by atoms with E-state index in [0.29, 0.717) is 48.6 Å². The van der Waals surface area contributed by atoms with Gasteiger partial charge in [-0.05, 0) is 24.6 Å². The first-order valence-corrected chi connectivity index (χ1v) is 14.2. The molecule has 0 saturated carbocycles. The third-order valence-corrected chi connectivity index (χ3v) is 8.75. The summed E-state index contributed by atoms with van der Waals surface area (Å²) >= 11 is 0. The lowest BCUT2D eigenvalue weighted by Crippen LogP contribution is -2.18. The maximum atomic E-state index is 14.9. The first kappa shape index (κ1) is 25.7. The van der Waals surface area contributed by atoms with Crippen LogP contribution in [0.1, 0.15) is 29.2 Å². The first-order chi connectivity index (χ1) is 18.7. The quantitative estimate of drug-likeness (QED) is 0.324. The second kappa shape index (κ2) is 9.86. The Bertz CT molecular complexity index is 1570. The minimum Gasteiger partial charge on any atom is -0.470 e. The highest BCUT2D eigenvalue weighted by Crippen LogP contribution is 2.50. The molecular formula is C25H26F2N6O5S. The number of nitrogens with one attached hydrogen (secondary N) is 1. The standard InChI is InChI=1S/C25H26F2N6O5S/c1-28-24(34)14-6-19(23(27)20(26)7-14)21-10-29-22-8-18(25(31-33(21)22)38-17-2-4-37-12-17)15-9-30-32(11-15)16-3-5-39(35,36)13-16/h6-11,16-17,35-36H,2-5,12-13H2,1H3,(H,28,34). The molecule has 6 rings (SSSR count). The summed E-state index contributed by atoms with van der Waals surface area (Å²) < 4.78 is 64.2. The van der Waals surface area contributed by atoms with E-state index in [1.54, 1.807) is 23.1 Å². The second-order valence-electron chi connectivity index (χ2n) is 9.60. The molecule has 0 bridgehead atoms. The SMILES string of the molecule is CNC(=O)c1cc(F)c(F)c(-c2cnc3cc(-c4cnn(C5CCS(O)(O)C5)c4)c(OC4CCOC4)nn23)c1. The molecule has 3 aromatic heterocycles. The third-order valence-electron chi connectivity index (χ3n) is 6.94. The highest BCUT2D eigenvalue weighted by atomic mass is 32.3. The fraction of sp³-hybridized carbons (Fsp3) is 0.360. The molecule has 0 spiro atoms. The van der Waals surface area contributed by atoms with Gasteiger partial charge in [-0.2, -0.15) is 15.7 Å². The Hall–Kier alpha value is -3.59. The van der Waals surface area contributed by atoms with Crippen LogP contribution in [0.2, 0.25) is 0 Å².